The molecule has 0 aliphatic rings. The summed E-state index contributed by atoms with van der Waals surface area (Å²) in [6.07, 6.45) is 0.721. The van der Waals surface area contributed by atoms with Crippen LogP contribution < -0.4 is 10.6 Å². The van der Waals surface area contributed by atoms with Crippen molar-refractivity contribution >= 4 is 34.3 Å². The van der Waals surface area contributed by atoms with E-state index in [1.54, 1.807) is 34.6 Å². The van der Waals surface area contributed by atoms with Gasteiger partial charge in [0.25, 0.3) is 0 Å². The summed E-state index contributed by atoms with van der Waals surface area (Å²) in [4.78, 5) is 39.3. The Morgan fingerprint density at radius 2 is 1.95 bits per heavy atom. The van der Waals surface area contributed by atoms with Crippen molar-refractivity contribution < 1.29 is 19.1 Å². The first-order chi connectivity index (χ1) is 10.1. The molecule has 1 aromatic rings. The summed E-state index contributed by atoms with van der Waals surface area (Å²) in [5.41, 5.74) is -0.619. The molecule has 2 N–H and O–H groups in total. The van der Waals surface area contributed by atoms with Gasteiger partial charge in [0.1, 0.15) is 5.60 Å². The molecule has 0 saturated heterocycles. The molecule has 122 valence electrons. The summed E-state index contributed by atoms with van der Waals surface area (Å²) in [6.45, 7) is 8.55. The Kier molecular flexibility index (Phi) is 6.04. The third-order valence-electron chi connectivity index (χ3n) is 2.33. The van der Waals surface area contributed by atoms with Gasteiger partial charge < -0.3 is 15.4 Å². The number of aromatic nitrogens is 1. The highest BCUT2D eigenvalue weighted by molar-refractivity contribution is 7.17. The zero-order chi connectivity index (χ0) is 16.9. The number of ketones is 1. The number of alkyl carbamates (subject to hydrolysis) is 1. The quantitative estimate of drug-likeness (QED) is 0.810. The van der Waals surface area contributed by atoms with Gasteiger partial charge in [0.15, 0.2) is 10.9 Å². The van der Waals surface area contributed by atoms with E-state index in [2.05, 4.69) is 15.6 Å². The van der Waals surface area contributed by atoms with Crippen LogP contribution in [-0.4, -0.2) is 34.9 Å². The SMILES string of the molecule is CC(C)C(=O)Nc1ncc(C(=O)CNC(=O)OC(C)(C)C)s1. The van der Waals surface area contributed by atoms with Crippen LogP contribution in [-0.2, 0) is 9.53 Å². The number of ether oxygens (including phenoxy) is 1. The first kappa shape index (κ1) is 18.1. The number of carbonyl (C=O) groups excluding carboxylic acids is 3. The number of rotatable bonds is 5. The highest BCUT2D eigenvalue weighted by atomic mass is 32.1. The van der Waals surface area contributed by atoms with Crippen LogP contribution >= 0.6 is 11.3 Å². The van der Waals surface area contributed by atoms with E-state index in [-0.39, 0.29) is 24.2 Å². The lowest BCUT2D eigenvalue weighted by Crippen LogP contribution is -2.35. The molecule has 0 saturated carbocycles. The van der Waals surface area contributed by atoms with E-state index in [1.165, 1.54) is 6.20 Å². The first-order valence-electron chi connectivity index (χ1n) is 6.85. The van der Waals surface area contributed by atoms with Crippen molar-refractivity contribution in [1.29, 1.82) is 0 Å². The Morgan fingerprint density at radius 1 is 1.32 bits per heavy atom. The largest absolute Gasteiger partial charge is 0.444 e. The lowest BCUT2D eigenvalue weighted by molar-refractivity contribution is -0.118. The molecule has 0 bridgehead atoms. The van der Waals surface area contributed by atoms with Gasteiger partial charge in [0.05, 0.1) is 17.6 Å². The number of Topliss-reactive ketones (excluding diaryl/α,β-unsaturated/α-hetero) is 1. The average molecular weight is 327 g/mol. The van der Waals surface area contributed by atoms with Crippen LogP contribution in [0.25, 0.3) is 0 Å². The molecule has 0 radical (unpaired) electrons. The summed E-state index contributed by atoms with van der Waals surface area (Å²) in [5, 5.41) is 5.36. The van der Waals surface area contributed by atoms with Crippen molar-refractivity contribution in [2.45, 2.75) is 40.2 Å². The minimum Gasteiger partial charge on any atom is -0.444 e. The Hall–Kier alpha value is -1.96. The van der Waals surface area contributed by atoms with Crippen molar-refractivity contribution in [3.05, 3.63) is 11.1 Å². The second-order valence-electron chi connectivity index (χ2n) is 5.95. The zero-order valence-corrected chi connectivity index (χ0v) is 14.2. The van der Waals surface area contributed by atoms with E-state index in [0.29, 0.717) is 10.0 Å². The molecule has 7 nitrogen and oxygen atoms in total. The normalized spacial score (nSPS) is 11.2. The van der Waals surface area contributed by atoms with Gasteiger partial charge in [-0.3, -0.25) is 9.59 Å². The Labute approximate surface area is 133 Å². The zero-order valence-electron chi connectivity index (χ0n) is 13.4. The molecular weight excluding hydrogens is 306 g/mol. The second kappa shape index (κ2) is 7.35. The topological polar surface area (TPSA) is 97.4 Å². The van der Waals surface area contributed by atoms with Crippen molar-refractivity contribution in [3.63, 3.8) is 0 Å². The molecule has 0 aliphatic heterocycles. The van der Waals surface area contributed by atoms with Gasteiger partial charge in [-0.05, 0) is 20.8 Å². The van der Waals surface area contributed by atoms with Crippen LogP contribution in [0.15, 0.2) is 6.20 Å². The molecule has 0 aromatic carbocycles. The van der Waals surface area contributed by atoms with Crippen LogP contribution in [0.2, 0.25) is 0 Å². The molecule has 1 aromatic heterocycles. The summed E-state index contributed by atoms with van der Waals surface area (Å²) < 4.78 is 5.04. The summed E-state index contributed by atoms with van der Waals surface area (Å²) in [5.74, 6) is -0.634. The number of nitrogens with one attached hydrogen (secondary N) is 2. The Bertz CT molecular complexity index is 561. The molecule has 8 heteroatoms. The van der Waals surface area contributed by atoms with Gasteiger partial charge in [-0.15, -0.1) is 0 Å². The fraction of sp³-hybridized carbons (Fsp3) is 0.571. The van der Waals surface area contributed by atoms with Crippen LogP contribution in [0.4, 0.5) is 9.93 Å². The average Bonchev–Trinajstić information content (AvgIpc) is 2.82. The Balaban J connectivity index is 2.52. The molecule has 0 spiro atoms. The van der Waals surface area contributed by atoms with Crippen LogP contribution in [0.3, 0.4) is 0 Å². The number of amides is 2. The predicted molar refractivity (Wildman–Crippen MR) is 84.1 cm³/mol. The third kappa shape index (κ3) is 6.21. The van der Waals surface area contributed by atoms with Gasteiger partial charge in [0, 0.05) is 5.92 Å². The van der Waals surface area contributed by atoms with E-state index in [4.69, 9.17) is 4.74 Å². The summed E-state index contributed by atoms with van der Waals surface area (Å²) >= 11 is 1.07. The first-order valence-corrected chi connectivity index (χ1v) is 7.67. The lowest BCUT2D eigenvalue weighted by Gasteiger charge is -2.19. The lowest BCUT2D eigenvalue weighted by atomic mass is 10.2. The molecule has 0 aliphatic carbocycles. The molecule has 0 atom stereocenters. The molecule has 1 heterocycles. The minimum atomic E-state index is -0.654. The number of thiazole rings is 1. The van der Waals surface area contributed by atoms with Crippen molar-refractivity contribution in [2.24, 2.45) is 5.92 Å². The number of nitrogens with zero attached hydrogens (tertiary/aromatic N) is 1. The molecule has 2 amide bonds. The summed E-state index contributed by atoms with van der Waals surface area (Å²) in [7, 11) is 0. The van der Waals surface area contributed by atoms with Gasteiger partial charge >= 0.3 is 6.09 Å². The Morgan fingerprint density at radius 3 is 2.50 bits per heavy atom. The maximum absolute atomic E-state index is 11.9. The smallest absolute Gasteiger partial charge is 0.408 e. The minimum absolute atomic E-state index is 0.166. The molecular formula is C14H21N3O4S. The van der Waals surface area contributed by atoms with E-state index in [1.807, 2.05) is 0 Å². The van der Waals surface area contributed by atoms with Crippen molar-refractivity contribution in [2.75, 3.05) is 11.9 Å². The van der Waals surface area contributed by atoms with Crippen molar-refractivity contribution in [1.82, 2.24) is 10.3 Å². The monoisotopic (exact) mass is 327 g/mol. The number of carbonyl (C=O) groups is 3. The van der Waals surface area contributed by atoms with Gasteiger partial charge in [0.2, 0.25) is 5.91 Å². The second-order valence-corrected chi connectivity index (χ2v) is 6.98. The van der Waals surface area contributed by atoms with Gasteiger partial charge in [-0.2, -0.15) is 0 Å². The molecule has 0 unspecified atom stereocenters. The molecule has 1 rings (SSSR count). The van der Waals surface area contributed by atoms with Gasteiger partial charge in [-0.1, -0.05) is 25.2 Å². The van der Waals surface area contributed by atoms with Crippen LogP contribution in [0, 0.1) is 5.92 Å². The summed E-state index contributed by atoms with van der Waals surface area (Å²) in [6, 6.07) is 0. The van der Waals surface area contributed by atoms with E-state index in [0.717, 1.165) is 11.3 Å². The number of hydrogen-bond donors (Lipinski definition) is 2. The third-order valence-corrected chi connectivity index (χ3v) is 3.28. The number of hydrogen-bond acceptors (Lipinski definition) is 6. The maximum Gasteiger partial charge on any atom is 0.408 e. The molecule has 0 fully saturated rings. The van der Waals surface area contributed by atoms with E-state index < -0.39 is 11.7 Å². The molecule has 22 heavy (non-hydrogen) atoms. The van der Waals surface area contributed by atoms with Gasteiger partial charge in [-0.25, -0.2) is 9.78 Å². The maximum atomic E-state index is 11.9. The van der Waals surface area contributed by atoms with Crippen LogP contribution in [0.1, 0.15) is 44.3 Å². The fourth-order valence-electron chi connectivity index (χ4n) is 1.26. The predicted octanol–water partition coefficient (Wildman–Crippen LogP) is 2.45. The highest BCUT2D eigenvalue weighted by Gasteiger charge is 2.18. The fourth-order valence-corrected chi connectivity index (χ4v) is 2.02. The van der Waals surface area contributed by atoms with Crippen LogP contribution in [0.5, 0.6) is 0 Å². The van der Waals surface area contributed by atoms with E-state index >= 15 is 0 Å². The number of anilines is 1. The highest BCUT2D eigenvalue weighted by Crippen LogP contribution is 2.19. The standard InChI is InChI=1S/C14H21N3O4S/c1-8(2)11(19)17-12-15-7-10(22-12)9(18)6-16-13(20)21-14(3,4)5/h7-8H,6H2,1-5H3,(H,16,20)(H,15,17,19). The van der Waals surface area contributed by atoms with E-state index in [9.17, 15) is 14.4 Å². The van der Waals surface area contributed by atoms with Crippen molar-refractivity contribution in [3.8, 4) is 0 Å².